The number of carbonyl (C=O) groups is 1. The predicted octanol–water partition coefficient (Wildman–Crippen LogP) is 3.76. The molecule has 0 atom stereocenters. The average Bonchev–Trinajstić information content (AvgIpc) is 3.28. The van der Waals surface area contributed by atoms with Crippen molar-refractivity contribution >= 4 is 23.3 Å². The number of H-pyrrole nitrogens is 1. The van der Waals surface area contributed by atoms with Crippen LogP contribution in [-0.2, 0) is 4.74 Å². The predicted molar refractivity (Wildman–Crippen MR) is 100 cm³/mol. The van der Waals surface area contributed by atoms with Crippen molar-refractivity contribution in [3.8, 4) is 22.0 Å². The van der Waals surface area contributed by atoms with Gasteiger partial charge in [0.1, 0.15) is 17.2 Å². The number of anilines is 1. The molecule has 4 rings (SSSR count). The first-order chi connectivity index (χ1) is 12.2. The van der Waals surface area contributed by atoms with Gasteiger partial charge < -0.3 is 14.6 Å². The normalized spacial score (nSPS) is 14.7. The number of thiophene rings is 1. The molecule has 1 aliphatic rings. The van der Waals surface area contributed by atoms with Crippen LogP contribution in [0.4, 0.5) is 5.69 Å². The Labute approximate surface area is 150 Å². The van der Waals surface area contributed by atoms with Crippen LogP contribution < -0.4 is 4.90 Å². The molecule has 1 aromatic carbocycles. The zero-order valence-electron chi connectivity index (χ0n) is 14.0. The van der Waals surface area contributed by atoms with E-state index in [0.717, 1.165) is 54.5 Å². The number of nitrogens with zero attached hydrogens (tertiary/aromatic N) is 2. The van der Waals surface area contributed by atoms with E-state index in [2.05, 4.69) is 27.0 Å². The Balaban J connectivity index is 1.63. The van der Waals surface area contributed by atoms with Crippen LogP contribution in [0, 0.1) is 6.92 Å². The van der Waals surface area contributed by atoms with Gasteiger partial charge in [0.25, 0.3) is 0 Å². The van der Waals surface area contributed by atoms with Crippen molar-refractivity contribution in [2.24, 2.45) is 0 Å². The van der Waals surface area contributed by atoms with Gasteiger partial charge in [-0.1, -0.05) is 0 Å². The lowest BCUT2D eigenvalue weighted by atomic mass is 10.2. The Hall–Kier alpha value is -2.44. The number of nitrogens with one attached hydrogen (secondary N) is 1. The van der Waals surface area contributed by atoms with Gasteiger partial charge in [0.2, 0.25) is 0 Å². The van der Waals surface area contributed by atoms with Crippen LogP contribution in [0.5, 0.6) is 0 Å². The monoisotopic (exact) mass is 353 g/mol. The topological polar surface area (TPSA) is 58.2 Å². The highest BCUT2D eigenvalue weighted by atomic mass is 32.1. The van der Waals surface area contributed by atoms with Crippen LogP contribution in [-0.4, -0.2) is 42.6 Å². The molecule has 128 valence electrons. The second kappa shape index (κ2) is 6.82. The van der Waals surface area contributed by atoms with E-state index in [1.807, 2.05) is 31.2 Å². The molecule has 1 saturated heterocycles. The Kier molecular flexibility index (Phi) is 4.38. The highest BCUT2D eigenvalue weighted by molar-refractivity contribution is 7.15. The zero-order chi connectivity index (χ0) is 17.2. The first-order valence-corrected chi connectivity index (χ1v) is 9.11. The van der Waals surface area contributed by atoms with E-state index in [4.69, 9.17) is 4.74 Å². The van der Waals surface area contributed by atoms with E-state index >= 15 is 0 Å². The largest absolute Gasteiger partial charge is 0.378 e. The minimum absolute atomic E-state index is 0.522. The van der Waals surface area contributed by atoms with E-state index in [1.165, 1.54) is 10.6 Å². The Morgan fingerprint density at radius 2 is 1.92 bits per heavy atom. The molecule has 0 radical (unpaired) electrons. The van der Waals surface area contributed by atoms with Crippen molar-refractivity contribution in [1.29, 1.82) is 0 Å². The molecule has 0 spiro atoms. The highest BCUT2D eigenvalue weighted by Crippen LogP contribution is 2.31. The summed E-state index contributed by atoms with van der Waals surface area (Å²) in [6.07, 6.45) is 0.836. The number of aldehydes is 1. The molecule has 0 aliphatic carbocycles. The zero-order valence-corrected chi connectivity index (χ0v) is 14.8. The summed E-state index contributed by atoms with van der Waals surface area (Å²) in [4.78, 5) is 23.8. The number of benzene rings is 1. The van der Waals surface area contributed by atoms with Crippen LogP contribution >= 0.6 is 11.3 Å². The minimum Gasteiger partial charge on any atom is -0.378 e. The Bertz CT molecular complexity index is 876. The number of imidazole rings is 1. The van der Waals surface area contributed by atoms with Crippen LogP contribution in [0.3, 0.4) is 0 Å². The summed E-state index contributed by atoms with van der Waals surface area (Å²) in [7, 11) is 0. The van der Waals surface area contributed by atoms with Gasteiger partial charge in [-0.25, -0.2) is 4.98 Å². The third-order valence-electron chi connectivity index (χ3n) is 4.34. The summed E-state index contributed by atoms with van der Waals surface area (Å²) < 4.78 is 5.40. The fourth-order valence-electron chi connectivity index (χ4n) is 3.01. The molecule has 0 amide bonds. The second-order valence-corrected chi connectivity index (χ2v) is 7.31. The summed E-state index contributed by atoms with van der Waals surface area (Å²) in [5.74, 6) is 0.719. The molecule has 0 saturated carbocycles. The van der Waals surface area contributed by atoms with Crippen LogP contribution in [0.25, 0.3) is 22.0 Å². The summed E-state index contributed by atoms with van der Waals surface area (Å²) in [5, 5.41) is 0. The molecular weight excluding hydrogens is 334 g/mol. The van der Waals surface area contributed by atoms with Gasteiger partial charge in [-0.15, -0.1) is 11.3 Å². The van der Waals surface area contributed by atoms with Gasteiger partial charge >= 0.3 is 0 Å². The molecule has 1 N–H and O–H groups in total. The number of aryl methyl sites for hydroxylation is 1. The summed E-state index contributed by atoms with van der Waals surface area (Å²) in [6.45, 7) is 5.42. The molecule has 3 aromatic rings. The van der Waals surface area contributed by atoms with Crippen LogP contribution in [0.1, 0.15) is 15.4 Å². The van der Waals surface area contributed by atoms with Gasteiger partial charge in [0.05, 0.1) is 18.1 Å². The third kappa shape index (κ3) is 3.23. The smallest absolute Gasteiger partial charge is 0.168 e. The molecular formula is C19H19N3O2S. The first kappa shape index (κ1) is 16.1. The van der Waals surface area contributed by atoms with Gasteiger partial charge in [-0.2, -0.15) is 0 Å². The summed E-state index contributed by atoms with van der Waals surface area (Å²) in [6, 6.07) is 12.3. The Morgan fingerprint density at radius 1 is 1.16 bits per heavy atom. The molecule has 0 unspecified atom stereocenters. The number of hydrogen-bond donors (Lipinski definition) is 1. The minimum atomic E-state index is 0.522. The van der Waals surface area contributed by atoms with E-state index in [9.17, 15) is 4.79 Å². The average molecular weight is 353 g/mol. The number of aromatic nitrogens is 2. The van der Waals surface area contributed by atoms with E-state index in [1.54, 1.807) is 11.3 Å². The number of morpholine rings is 1. The maximum atomic E-state index is 11.4. The van der Waals surface area contributed by atoms with Gasteiger partial charge in [0, 0.05) is 29.2 Å². The first-order valence-electron chi connectivity index (χ1n) is 8.30. The van der Waals surface area contributed by atoms with Crippen molar-refractivity contribution in [3.63, 3.8) is 0 Å². The third-order valence-corrected chi connectivity index (χ3v) is 5.35. The lowest BCUT2D eigenvalue weighted by Gasteiger charge is -2.28. The molecule has 0 bridgehead atoms. The quantitative estimate of drug-likeness (QED) is 0.726. The number of aromatic amines is 1. The summed E-state index contributed by atoms with van der Waals surface area (Å²) >= 11 is 1.64. The SMILES string of the molecule is Cc1ccc(-c2nc(-c3ccc(N4CCOCC4)cc3)[nH]c2C=O)s1. The number of carbonyl (C=O) groups excluding carboxylic acids is 1. The standard InChI is InChI=1S/C19H19N3O2S/c1-13-2-7-17(25-13)18-16(12-23)20-19(21-18)14-3-5-15(6-4-14)22-8-10-24-11-9-22/h2-7,12H,8-11H2,1H3,(H,20,21). The molecule has 5 nitrogen and oxygen atoms in total. The number of ether oxygens (including phenoxy) is 1. The van der Waals surface area contributed by atoms with Crippen molar-refractivity contribution in [1.82, 2.24) is 9.97 Å². The van der Waals surface area contributed by atoms with Crippen LogP contribution in [0.15, 0.2) is 36.4 Å². The molecule has 1 aliphatic heterocycles. The van der Waals surface area contributed by atoms with Crippen LogP contribution in [0.2, 0.25) is 0 Å². The van der Waals surface area contributed by atoms with E-state index < -0.39 is 0 Å². The van der Waals surface area contributed by atoms with Gasteiger partial charge in [-0.3, -0.25) is 4.79 Å². The Morgan fingerprint density at radius 3 is 2.56 bits per heavy atom. The van der Waals surface area contributed by atoms with Crippen molar-refractivity contribution in [2.45, 2.75) is 6.92 Å². The summed E-state index contributed by atoms with van der Waals surface area (Å²) in [5.41, 5.74) is 3.40. The molecule has 1 fully saturated rings. The molecule has 6 heteroatoms. The molecule has 25 heavy (non-hydrogen) atoms. The van der Waals surface area contributed by atoms with Crippen molar-refractivity contribution < 1.29 is 9.53 Å². The lowest BCUT2D eigenvalue weighted by molar-refractivity contribution is 0.112. The van der Waals surface area contributed by atoms with Crippen molar-refractivity contribution in [3.05, 3.63) is 47.0 Å². The fraction of sp³-hybridized carbons (Fsp3) is 0.263. The van der Waals surface area contributed by atoms with E-state index in [0.29, 0.717) is 5.69 Å². The van der Waals surface area contributed by atoms with E-state index in [-0.39, 0.29) is 0 Å². The lowest BCUT2D eigenvalue weighted by Crippen LogP contribution is -2.36. The second-order valence-electron chi connectivity index (χ2n) is 6.02. The molecule has 2 aromatic heterocycles. The number of hydrogen-bond acceptors (Lipinski definition) is 5. The van der Waals surface area contributed by atoms with Gasteiger partial charge in [0.15, 0.2) is 6.29 Å². The number of rotatable bonds is 4. The fourth-order valence-corrected chi connectivity index (χ4v) is 3.88. The van der Waals surface area contributed by atoms with Crippen molar-refractivity contribution in [2.75, 3.05) is 31.2 Å². The van der Waals surface area contributed by atoms with Gasteiger partial charge in [-0.05, 0) is 43.3 Å². The highest BCUT2D eigenvalue weighted by Gasteiger charge is 2.15. The molecule has 3 heterocycles. The maximum absolute atomic E-state index is 11.4. The maximum Gasteiger partial charge on any atom is 0.168 e.